The van der Waals surface area contributed by atoms with Crippen LogP contribution in [0.1, 0.15) is 52.9 Å². The van der Waals surface area contributed by atoms with Crippen molar-refractivity contribution in [1.29, 1.82) is 0 Å². The molecule has 1 rings (SSSR count). The van der Waals surface area contributed by atoms with Crippen LogP contribution in [0.5, 0.6) is 0 Å². The SMILES string of the molecule is CCC(C)NC(=O)CCNC(=O)C1CC(N)CCC1C. The predicted molar refractivity (Wildman–Crippen MR) is 80.0 cm³/mol. The smallest absolute Gasteiger partial charge is 0.223 e. The Morgan fingerprint density at radius 1 is 1.35 bits per heavy atom. The van der Waals surface area contributed by atoms with Crippen molar-refractivity contribution in [2.45, 2.75) is 65.0 Å². The van der Waals surface area contributed by atoms with E-state index in [2.05, 4.69) is 17.6 Å². The monoisotopic (exact) mass is 283 g/mol. The molecule has 20 heavy (non-hydrogen) atoms. The first kappa shape index (κ1) is 17.0. The van der Waals surface area contributed by atoms with E-state index in [-0.39, 0.29) is 29.8 Å². The number of carbonyl (C=O) groups excluding carboxylic acids is 2. The highest BCUT2D eigenvalue weighted by atomic mass is 16.2. The van der Waals surface area contributed by atoms with E-state index in [1.165, 1.54) is 0 Å². The topological polar surface area (TPSA) is 84.2 Å². The summed E-state index contributed by atoms with van der Waals surface area (Å²) in [4.78, 5) is 23.7. The van der Waals surface area contributed by atoms with E-state index in [4.69, 9.17) is 5.73 Å². The number of nitrogens with two attached hydrogens (primary N) is 1. The van der Waals surface area contributed by atoms with Crippen LogP contribution in [0.3, 0.4) is 0 Å². The first-order valence-electron chi connectivity index (χ1n) is 7.76. The molecule has 1 fully saturated rings. The van der Waals surface area contributed by atoms with Crippen LogP contribution in [0.2, 0.25) is 0 Å². The lowest BCUT2D eigenvalue weighted by Crippen LogP contribution is -2.42. The Bertz CT molecular complexity index is 333. The van der Waals surface area contributed by atoms with Crippen molar-refractivity contribution in [2.24, 2.45) is 17.6 Å². The second-order valence-electron chi connectivity index (χ2n) is 6.07. The van der Waals surface area contributed by atoms with Crippen molar-refractivity contribution < 1.29 is 9.59 Å². The Hall–Kier alpha value is -1.10. The van der Waals surface area contributed by atoms with Crippen LogP contribution in [0, 0.1) is 11.8 Å². The lowest BCUT2D eigenvalue weighted by molar-refractivity contribution is -0.128. The van der Waals surface area contributed by atoms with Gasteiger partial charge in [0.1, 0.15) is 0 Å². The molecule has 4 N–H and O–H groups in total. The number of hydrogen-bond donors (Lipinski definition) is 3. The maximum absolute atomic E-state index is 12.1. The third kappa shape index (κ3) is 5.49. The van der Waals surface area contributed by atoms with Gasteiger partial charge in [-0.25, -0.2) is 0 Å². The molecular weight excluding hydrogens is 254 g/mol. The van der Waals surface area contributed by atoms with E-state index < -0.39 is 0 Å². The molecule has 0 aromatic rings. The fraction of sp³-hybridized carbons (Fsp3) is 0.867. The van der Waals surface area contributed by atoms with Crippen molar-refractivity contribution in [3.63, 3.8) is 0 Å². The molecule has 0 saturated heterocycles. The van der Waals surface area contributed by atoms with Crippen LogP contribution in [0.25, 0.3) is 0 Å². The zero-order valence-corrected chi connectivity index (χ0v) is 12.9. The minimum absolute atomic E-state index is 0.00335. The van der Waals surface area contributed by atoms with Gasteiger partial charge in [-0.05, 0) is 38.5 Å². The average Bonchev–Trinajstić information content (AvgIpc) is 2.41. The first-order chi connectivity index (χ1) is 9.43. The van der Waals surface area contributed by atoms with Gasteiger partial charge in [0.15, 0.2) is 0 Å². The van der Waals surface area contributed by atoms with Gasteiger partial charge in [0.2, 0.25) is 11.8 Å². The summed E-state index contributed by atoms with van der Waals surface area (Å²) in [5.74, 6) is 0.414. The molecule has 1 saturated carbocycles. The molecule has 1 aliphatic rings. The second-order valence-corrected chi connectivity index (χ2v) is 6.07. The summed E-state index contributed by atoms with van der Waals surface area (Å²) in [5, 5.41) is 5.76. The Kier molecular flexibility index (Phi) is 6.99. The molecule has 4 atom stereocenters. The largest absolute Gasteiger partial charge is 0.355 e. The fourth-order valence-corrected chi connectivity index (χ4v) is 2.60. The lowest BCUT2D eigenvalue weighted by atomic mass is 9.78. The molecule has 0 bridgehead atoms. The van der Waals surface area contributed by atoms with Gasteiger partial charge in [0.05, 0.1) is 0 Å². The molecule has 0 heterocycles. The number of nitrogens with one attached hydrogen (secondary N) is 2. The van der Waals surface area contributed by atoms with Crippen LogP contribution in [0.4, 0.5) is 0 Å². The zero-order valence-electron chi connectivity index (χ0n) is 12.9. The summed E-state index contributed by atoms with van der Waals surface area (Å²) in [6.45, 7) is 6.51. The molecule has 0 aliphatic heterocycles. The third-order valence-corrected chi connectivity index (χ3v) is 4.24. The molecule has 4 unspecified atom stereocenters. The average molecular weight is 283 g/mol. The maximum atomic E-state index is 12.1. The molecule has 1 aliphatic carbocycles. The minimum atomic E-state index is -0.00644. The van der Waals surface area contributed by atoms with Crippen LogP contribution < -0.4 is 16.4 Å². The maximum Gasteiger partial charge on any atom is 0.223 e. The summed E-state index contributed by atoms with van der Waals surface area (Å²) >= 11 is 0. The standard InChI is InChI=1S/C15H29N3O2/c1-4-11(3)18-14(19)7-8-17-15(20)13-9-12(16)6-5-10(13)2/h10-13H,4-9,16H2,1-3H3,(H,17,20)(H,18,19). The van der Waals surface area contributed by atoms with E-state index in [0.717, 1.165) is 25.7 Å². The van der Waals surface area contributed by atoms with E-state index in [9.17, 15) is 9.59 Å². The molecule has 116 valence electrons. The number of hydrogen-bond acceptors (Lipinski definition) is 3. The second kappa shape index (κ2) is 8.25. The predicted octanol–water partition coefficient (Wildman–Crippen LogP) is 1.17. The van der Waals surface area contributed by atoms with Gasteiger partial charge in [-0.3, -0.25) is 9.59 Å². The van der Waals surface area contributed by atoms with E-state index in [1.54, 1.807) is 0 Å². The highest BCUT2D eigenvalue weighted by molar-refractivity contribution is 5.80. The fourth-order valence-electron chi connectivity index (χ4n) is 2.60. The Morgan fingerprint density at radius 3 is 2.70 bits per heavy atom. The summed E-state index contributed by atoms with van der Waals surface area (Å²) in [6.07, 6.45) is 4.01. The molecule has 0 radical (unpaired) electrons. The highest BCUT2D eigenvalue weighted by Gasteiger charge is 2.30. The summed E-state index contributed by atoms with van der Waals surface area (Å²) in [7, 11) is 0. The van der Waals surface area contributed by atoms with E-state index >= 15 is 0 Å². The van der Waals surface area contributed by atoms with Gasteiger partial charge in [0, 0.05) is 31.0 Å². The molecule has 5 heteroatoms. The van der Waals surface area contributed by atoms with Crippen molar-refractivity contribution in [1.82, 2.24) is 10.6 Å². The summed E-state index contributed by atoms with van der Waals surface area (Å²) in [6, 6.07) is 0.324. The first-order valence-corrected chi connectivity index (χ1v) is 7.76. The number of amides is 2. The summed E-state index contributed by atoms with van der Waals surface area (Å²) in [5.41, 5.74) is 5.93. The van der Waals surface area contributed by atoms with E-state index in [0.29, 0.717) is 18.9 Å². The van der Waals surface area contributed by atoms with Crippen molar-refractivity contribution in [3.05, 3.63) is 0 Å². The number of rotatable bonds is 6. The molecule has 0 spiro atoms. The van der Waals surface area contributed by atoms with Gasteiger partial charge in [-0.15, -0.1) is 0 Å². The highest BCUT2D eigenvalue weighted by Crippen LogP contribution is 2.29. The molecule has 2 amide bonds. The van der Waals surface area contributed by atoms with Gasteiger partial charge in [-0.1, -0.05) is 13.8 Å². The minimum Gasteiger partial charge on any atom is -0.355 e. The van der Waals surface area contributed by atoms with Crippen LogP contribution in [0.15, 0.2) is 0 Å². The zero-order chi connectivity index (χ0) is 15.1. The van der Waals surface area contributed by atoms with Crippen LogP contribution >= 0.6 is 0 Å². The third-order valence-electron chi connectivity index (χ3n) is 4.24. The quantitative estimate of drug-likeness (QED) is 0.684. The normalized spacial score (nSPS) is 27.7. The van der Waals surface area contributed by atoms with Crippen molar-refractivity contribution in [2.75, 3.05) is 6.54 Å². The van der Waals surface area contributed by atoms with Crippen LogP contribution in [-0.4, -0.2) is 30.4 Å². The molecule has 5 nitrogen and oxygen atoms in total. The van der Waals surface area contributed by atoms with Gasteiger partial charge in [-0.2, -0.15) is 0 Å². The van der Waals surface area contributed by atoms with E-state index in [1.807, 2.05) is 13.8 Å². The Labute approximate surface area is 122 Å². The van der Waals surface area contributed by atoms with Crippen LogP contribution in [-0.2, 0) is 9.59 Å². The van der Waals surface area contributed by atoms with Crippen molar-refractivity contribution >= 4 is 11.8 Å². The van der Waals surface area contributed by atoms with Gasteiger partial charge in [0.25, 0.3) is 0 Å². The molecule has 0 aromatic carbocycles. The van der Waals surface area contributed by atoms with Gasteiger partial charge < -0.3 is 16.4 Å². The Balaban J connectivity index is 2.27. The molecule has 0 aromatic heterocycles. The Morgan fingerprint density at radius 2 is 2.05 bits per heavy atom. The number of carbonyl (C=O) groups is 2. The summed E-state index contributed by atoms with van der Waals surface area (Å²) < 4.78 is 0. The van der Waals surface area contributed by atoms with Crippen molar-refractivity contribution in [3.8, 4) is 0 Å². The lowest BCUT2D eigenvalue weighted by Gasteiger charge is -2.31. The van der Waals surface area contributed by atoms with Gasteiger partial charge >= 0.3 is 0 Å². The molecular formula is C15H29N3O2.